The SMILES string of the molecule is CC.CC(=O)NCCCCC(CO)CC(C)C. The highest BCUT2D eigenvalue weighted by Crippen LogP contribution is 2.17. The molecule has 0 fully saturated rings. The molecule has 0 aliphatic carbocycles. The number of nitrogens with one attached hydrogen (secondary N) is 1. The Bertz CT molecular complexity index is 170. The highest BCUT2D eigenvalue weighted by atomic mass is 16.3. The molecule has 0 saturated carbocycles. The molecule has 0 aliphatic rings. The molecule has 0 aromatic rings. The summed E-state index contributed by atoms with van der Waals surface area (Å²) in [5.41, 5.74) is 0. The first-order chi connectivity index (χ1) is 8.06. The lowest BCUT2D eigenvalue weighted by Crippen LogP contribution is -2.21. The van der Waals surface area contributed by atoms with Crippen molar-refractivity contribution in [3.05, 3.63) is 0 Å². The predicted octanol–water partition coefficient (Wildman–Crippen LogP) is 2.97. The number of aliphatic hydroxyl groups excluding tert-OH is 1. The highest BCUT2D eigenvalue weighted by Gasteiger charge is 2.09. The van der Waals surface area contributed by atoms with Crippen LogP contribution >= 0.6 is 0 Å². The summed E-state index contributed by atoms with van der Waals surface area (Å²) in [5, 5.41) is 11.9. The van der Waals surface area contributed by atoms with E-state index in [9.17, 15) is 4.79 Å². The van der Waals surface area contributed by atoms with Crippen molar-refractivity contribution < 1.29 is 9.90 Å². The fraction of sp³-hybridized carbons (Fsp3) is 0.929. The van der Waals surface area contributed by atoms with E-state index < -0.39 is 0 Å². The van der Waals surface area contributed by atoms with Crippen molar-refractivity contribution in [1.82, 2.24) is 5.32 Å². The Balaban J connectivity index is 0. The van der Waals surface area contributed by atoms with Gasteiger partial charge in [-0.3, -0.25) is 4.79 Å². The Morgan fingerprint density at radius 3 is 2.24 bits per heavy atom. The van der Waals surface area contributed by atoms with Gasteiger partial charge in [0.1, 0.15) is 0 Å². The van der Waals surface area contributed by atoms with Gasteiger partial charge < -0.3 is 10.4 Å². The van der Waals surface area contributed by atoms with Gasteiger partial charge in [0.2, 0.25) is 5.91 Å². The van der Waals surface area contributed by atoms with Gasteiger partial charge in [0, 0.05) is 20.1 Å². The Labute approximate surface area is 107 Å². The lowest BCUT2D eigenvalue weighted by atomic mass is 9.93. The number of unbranched alkanes of at least 4 members (excludes halogenated alkanes) is 1. The first kappa shape index (κ1) is 18.8. The standard InChI is InChI=1S/C12H25NO2.C2H6/c1-10(2)8-12(9-14)6-4-5-7-13-11(3)15;1-2/h10,12,14H,4-9H2,1-3H3,(H,13,15);1-2H3. The summed E-state index contributed by atoms with van der Waals surface area (Å²) in [6.45, 7) is 10.9. The van der Waals surface area contributed by atoms with Gasteiger partial charge in [-0.1, -0.05) is 34.1 Å². The molecule has 1 unspecified atom stereocenters. The molecule has 3 nitrogen and oxygen atoms in total. The van der Waals surface area contributed by atoms with Crippen LogP contribution < -0.4 is 5.32 Å². The molecule has 0 spiro atoms. The van der Waals surface area contributed by atoms with Gasteiger partial charge in [-0.15, -0.1) is 0 Å². The predicted molar refractivity (Wildman–Crippen MR) is 73.9 cm³/mol. The highest BCUT2D eigenvalue weighted by molar-refractivity contribution is 5.72. The van der Waals surface area contributed by atoms with Gasteiger partial charge >= 0.3 is 0 Å². The van der Waals surface area contributed by atoms with Crippen LogP contribution in [0.2, 0.25) is 0 Å². The van der Waals surface area contributed by atoms with E-state index in [2.05, 4.69) is 19.2 Å². The Morgan fingerprint density at radius 2 is 1.82 bits per heavy atom. The van der Waals surface area contributed by atoms with E-state index in [0.717, 1.165) is 32.2 Å². The summed E-state index contributed by atoms with van der Waals surface area (Å²) < 4.78 is 0. The van der Waals surface area contributed by atoms with Crippen molar-refractivity contribution in [2.24, 2.45) is 11.8 Å². The molecular weight excluding hydrogens is 214 g/mol. The van der Waals surface area contributed by atoms with Crippen molar-refractivity contribution in [2.75, 3.05) is 13.2 Å². The van der Waals surface area contributed by atoms with Gasteiger partial charge in [-0.25, -0.2) is 0 Å². The summed E-state index contributed by atoms with van der Waals surface area (Å²) in [4.78, 5) is 10.6. The molecule has 0 rings (SSSR count). The van der Waals surface area contributed by atoms with Crippen LogP contribution in [0, 0.1) is 11.8 Å². The molecule has 0 saturated heterocycles. The van der Waals surface area contributed by atoms with Gasteiger partial charge in [-0.2, -0.15) is 0 Å². The van der Waals surface area contributed by atoms with E-state index in [-0.39, 0.29) is 12.5 Å². The van der Waals surface area contributed by atoms with Crippen LogP contribution in [-0.2, 0) is 4.79 Å². The molecule has 0 heterocycles. The minimum Gasteiger partial charge on any atom is -0.396 e. The van der Waals surface area contributed by atoms with Gasteiger partial charge in [0.15, 0.2) is 0 Å². The van der Waals surface area contributed by atoms with Crippen molar-refractivity contribution in [3.63, 3.8) is 0 Å². The summed E-state index contributed by atoms with van der Waals surface area (Å²) in [7, 11) is 0. The monoisotopic (exact) mass is 245 g/mol. The third-order valence-electron chi connectivity index (χ3n) is 2.48. The summed E-state index contributed by atoms with van der Waals surface area (Å²) in [6, 6.07) is 0. The average Bonchev–Trinajstić information content (AvgIpc) is 2.28. The van der Waals surface area contributed by atoms with Crippen molar-refractivity contribution in [1.29, 1.82) is 0 Å². The zero-order chi connectivity index (χ0) is 13.7. The van der Waals surface area contributed by atoms with Crippen LogP contribution in [0.4, 0.5) is 0 Å². The zero-order valence-corrected chi connectivity index (χ0v) is 12.3. The molecule has 0 aromatic carbocycles. The molecule has 3 heteroatoms. The molecule has 17 heavy (non-hydrogen) atoms. The van der Waals surface area contributed by atoms with Crippen molar-refractivity contribution in [2.45, 2.75) is 60.3 Å². The topological polar surface area (TPSA) is 49.3 Å². The maximum atomic E-state index is 10.6. The lowest BCUT2D eigenvalue weighted by molar-refractivity contribution is -0.118. The fourth-order valence-electron chi connectivity index (χ4n) is 1.77. The number of rotatable bonds is 8. The van der Waals surface area contributed by atoms with E-state index in [4.69, 9.17) is 5.11 Å². The first-order valence-corrected chi connectivity index (χ1v) is 6.91. The minimum absolute atomic E-state index is 0.0379. The second kappa shape index (κ2) is 13.5. The molecule has 0 aliphatic heterocycles. The van der Waals surface area contributed by atoms with E-state index in [1.807, 2.05) is 13.8 Å². The normalized spacial score (nSPS) is 11.7. The van der Waals surface area contributed by atoms with Crippen LogP contribution in [0.15, 0.2) is 0 Å². The third-order valence-corrected chi connectivity index (χ3v) is 2.48. The number of hydrogen-bond donors (Lipinski definition) is 2. The molecular formula is C14H31NO2. The number of hydrogen-bond acceptors (Lipinski definition) is 2. The molecule has 0 bridgehead atoms. The van der Waals surface area contributed by atoms with E-state index in [1.54, 1.807) is 0 Å². The van der Waals surface area contributed by atoms with Gasteiger partial charge in [0.25, 0.3) is 0 Å². The molecule has 0 radical (unpaired) electrons. The maximum absolute atomic E-state index is 10.6. The smallest absolute Gasteiger partial charge is 0.216 e. The Hall–Kier alpha value is -0.570. The molecule has 0 aromatic heterocycles. The lowest BCUT2D eigenvalue weighted by Gasteiger charge is -2.16. The average molecular weight is 245 g/mol. The van der Waals surface area contributed by atoms with Crippen LogP contribution in [0.3, 0.4) is 0 Å². The maximum Gasteiger partial charge on any atom is 0.216 e. The summed E-state index contributed by atoms with van der Waals surface area (Å²) >= 11 is 0. The van der Waals surface area contributed by atoms with Crippen LogP contribution in [-0.4, -0.2) is 24.2 Å². The summed E-state index contributed by atoms with van der Waals surface area (Å²) in [5.74, 6) is 1.12. The third kappa shape index (κ3) is 15.4. The molecule has 1 amide bonds. The first-order valence-electron chi connectivity index (χ1n) is 6.91. The molecule has 1 atom stereocenters. The second-order valence-corrected chi connectivity index (χ2v) is 4.66. The van der Waals surface area contributed by atoms with Crippen LogP contribution in [0.5, 0.6) is 0 Å². The number of carbonyl (C=O) groups is 1. The van der Waals surface area contributed by atoms with E-state index in [0.29, 0.717) is 11.8 Å². The minimum atomic E-state index is 0.0379. The Morgan fingerprint density at radius 1 is 1.24 bits per heavy atom. The van der Waals surface area contributed by atoms with Gasteiger partial charge in [0.05, 0.1) is 0 Å². The largest absolute Gasteiger partial charge is 0.396 e. The van der Waals surface area contributed by atoms with Crippen LogP contribution in [0.1, 0.15) is 60.3 Å². The van der Waals surface area contributed by atoms with E-state index >= 15 is 0 Å². The second-order valence-electron chi connectivity index (χ2n) is 4.66. The number of aliphatic hydroxyl groups is 1. The molecule has 2 N–H and O–H groups in total. The van der Waals surface area contributed by atoms with Crippen LogP contribution in [0.25, 0.3) is 0 Å². The summed E-state index contributed by atoms with van der Waals surface area (Å²) in [6.07, 6.45) is 4.25. The van der Waals surface area contributed by atoms with E-state index in [1.165, 1.54) is 6.92 Å². The number of amides is 1. The van der Waals surface area contributed by atoms with Crippen molar-refractivity contribution >= 4 is 5.91 Å². The quantitative estimate of drug-likeness (QED) is 0.646. The number of carbonyl (C=O) groups excluding carboxylic acids is 1. The zero-order valence-electron chi connectivity index (χ0n) is 12.3. The molecule has 104 valence electrons. The van der Waals surface area contributed by atoms with Gasteiger partial charge in [-0.05, 0) is 31.1 Å². The fourth-order valence-corrected chi connectivity index (χ4v) is 1.77. The van der Waals surface area contributed by atoms with Crippen molar-refractivity contribution in [3.8, 4) is 0 Å². The Kier molecular flexibility index (Phi) is 14.9.